The molecule has 0 bridgehead atoms. The Morgan fingerprint density at radius 3 is 2.77 bits per heavy atom. The Kier molecular flexibility index (Phi) is 6.62. The fourth-order valence-electron chi connectivity index (χ4n) is 3.99. The van der Waals surface area contributed by atoms with E-state index in [-0.39, 0.29) is 42.0 Å². The molecule has 2 aliphatic heterocycles. The third-order valence-corrected chi connectivity index (χ3v) is 5.56. The smallest absolute Gasteiger partial charge is 0.358 e. The summed E-state index contributed by atoms with van der Waals surface area (Å²) in [5.74, 6) is -0.0956. The van der Waals surface area contributed by atoms with Gasteiger partial charge in [0.05, 0.1) is 25.9 Å². The van der Waals surface area contributed by atoms with Crippen molar-refractivity contribution in [3.05, 3.63) is 50.8 Å². The van der Waals surface area contributed by atoms with Crippen molar-refractivity contribution in [1.29, 1.82) is 0 Å². The van der Waals surface area contributed by atoms with Gasteiger partial charge in [0.1, 0.15) is 11.3 Å². The maximum Gasteiger partial charge on any atom is 0.358 e. The minimum absolute atomic E-state index is 0. The van der Waals surface area contributed by atoms with Crippen LogP contribution in [0.5, 0.6) is 0 Å². The number of nitrogens with one attached hydrogen (secondary N) is 1. The predicted molar refractivity (Wildman–Crippen MR) is 110 cm³/mol. The fourth-order valence-corrected chi connectivity index (χ4v) is 3.99. The number of aryl methyl sites for hydroxylation is 1. The summed E-state index contributed by atoms with van der Waals surface area (Å²) in [7, 11) is 1.30. The summed E-state index contributed by atoms with van der Waals surface area (Å²) in [6.07, 6.45) is 1.99. The minimum Gasteiger partial charge on any atom is -0.464 e. The van der Waals surface area contributed by atoms with Crippen LogP contribution < -0.4 is 10.9 Å². The Morgan fingerprint density at radius 2 is 2.10 bits per heavy atom. The van der Waals surface area contributed by atoms with E-state index in [9.17, 15) is 14.4 Å². The van der Waals surface area contributed by atoms with Crippen molar-refractivity contribution in [3.63, 3.8) is 0 Å². The number of ether oxygens (including phenoxy) is 1. The van der Waals surface area contributed by atoms with Crippen LogP contribution in [0.15, 0.2) is 21.3 Å². The summed E-state index contributed by atoms with van der Waals surface area (Å²) >= 11 is 0. The Balaban J connectivity index is 0.00000256. The number of piperidine rings is 1. The average Bonchev–Trinajstić information content (AvgIpc) is 3.16. The van der Waals surface area contributed by atoms with Crippen molar-refractivity contribution in [3.8, 4) is 0 Å². The molecule has 4 rings (SSSR count). The van der Waals surface area contributed by atoms with E-state index in [0.29, 0.717) is 24.4 Å². The van der Waals surface area contributed by atoms with E-state index in [0.717, 1.165) is 31.6 Å². The largest absolute Gasteiger partial charge is 0.464 e. The van der Waals surface area contributed by atoms with E-state index in [1.807, 2.05) is 6.07 Å². The molecule has 1 N–H and O–H groups in total. The molecule has 0 aromatic carbocycles. The summed E-state index contributed by atoms with van der Waals surface area (Å²) in [6.45, 7) is 4.60. The topological polar surface area (TPSA) is 107 Å². The van der Waals surface area contributed by atoms with E-state index in [2.05, 4.69) is 10.4 Å². The van der Waals surface area contributed by atoms with Gasteiger partial charge in [0.25, 0.3) is 5.91 Å². The lowest BCUT2D eigenvalue weighted by Gasteiger charge is -2.28. The molecular formula is C20H25ClN4O5. The van der Waals surface area contributed by atoms with Gasteiger partial charge in [-0.05, 0) is 44.0 Å². The van der Waals surface area contributed by atoms with Crippen molar-refractivity contribution in [2.75, 3.05) is 26.7 Å². The van der Waals surface area contributed by atoms with Crippen LogP contribution in [0.4, 0.5) is 0 Å². The average molecular weight is 437 g/mol. The molecule has 1 unspecified atom stereocenters. The standard InChI is InChI=1S/C20H24N4O5.ClH/c1-12-8-16(13-4-3-5-21-10-13)29-20(27)17(12)18(25)23-6-7-24-14(11-23)9-15(22-24)19(26)28-2;/h8-9,13,21H,3-7,10-11H2,1-2H3;1H. The molecular weight excluding hydrogens is 412 g/mol. The van der Waals surface area contributed by atoms with Gasteiger partial charge in [-0.2, -0.15) is 5.10 Å². The summed E-state index contributed by atoms with van der Waals surface area (Å²) < 4.78 is 11.9. The van der Waals surface area contributed by atoms with Crippen LogP contribution in [-0.2, 0) is 17.8 Å². The van der Waals surface area contributed by atoms with Crippen LogP contribution in [0.25, 0.3) is 0 Å². The number of methoxy groups -OCH3 is 1. The first-order valence-electron chi connectivity index (χ1n) is 9.77. The number of esters is 1. The van der Waals surface area contributed by atoms with Crippen LogP contribution in [0.1, 0.15) is 56.6 Å². The Hall–Kier alpha value is -2.65. The molecule has 2 aromatic heterocycles. The zero-order valence-electron chi connectivity index (χ0n) is 17.0. The molecule has 0 radical (unpaired) electrons. The number of hydrogen-bond acceptors (Lipinski definition) is 7. The third-order valence-electron chi connectivity index (χ3n) is 5.56. The number of fused-ring (bicyclic) bond motifs is 1. The summed E-state index contributed by atoms with van der Waals surface area (Å²) in [5.41, 5.74) is 1.03. The van der Waals surface area contributed by atoms with Gasteiger partial charge in [0, 0.05) is 19.0 Å². The van der Waals surface area contributed by atoms with E-state index < -0.39 is 11.6 Å². The lowest BCUT2D eigenvalue weighted by Crippen LogP contribution is -2.40. The number of nitrogens with zero attached hydrogens (tertiary/aromatic N) is 3. The molecule has 2 aliphatic rings. The molecule has 1 saturated heterocycles. The number of aromatic nitrogens is 2. The van der Waals surface area contributed by atoms with Gasteiger partial charge < -0.3 is 19.4 Å². The van der Waals surface area contributed by atoms with Gasteiger partial charge >= 0.3 is 11.6 Å². The molecule has 30 heavy (non-hydrogen) atoms. The van der Waals surface area contributed by atoms with Gasteiger partial charge in [-0.1, -0.05) is 0 Å². The Morgan fingerprint density at radius 1 is 1.30 bits per heavy atom. The summed E-state index contributed by atoms with van der Waals surface area (Å²) in [4.78, 5) is 39.0. The lowest BCUT2D eigenvalue weighted by molar-refractivity contribution is 0.0591. The van der Waals surface area contributed by atoms with Crippen molar-refractivity contribution >= 4 is 24.3 Å². The predicted octanol–water partition coefficient (Wildman–Crippen LogP) is 1.48. The highest BCUT2D eigenvalue weighted by molar-refractivity contribution is 5.95. The molecule has 0 aliphatic carbocycles. The van der Waals surface area contributed by atoms with Crippen LogP contribution in [-0.4, -0.2) is 53.3 Å². The summed E-state index contributed by atoms with van der Waals surface area (Å²) in [6, 6.07) is 3.43. The molecule has 162 valence electrons. The first kappa shape index (κ1) is 22.0. The van der Waals surface area contributed by atoms with Crippen molar-refractivity contribution in [2.45, 2.75) is 38.8 Å². The number of amides is 1. The number of carbonyl (C=O) groups excluding carboxylic acids is 2. The van der Waals surface area contributed by atoms with Gasteiger partial charge in [0.15, 0.2) is 5.69 Å². The second-order valence-corrected chi connectivity index (χ2v) is 7.50. The fraction of sp³-hybridized carbons (Fsp3) is 0.500. The highest BCUT2D eigenvalue weighted by Gasteiger charge is 2.29. The van der Waals surface area contributed by atoms with Crippen molar-refractivity contribution < 1.29 is 18.7 Å². The van der Waals surface area contributed by atoms with Gasteiger partial charge in [-0.3, -0.25) is 9.48 Å². The number of carbonyl (C=O) groups is 2. The van der Waals surface area contributed by atoms with Crippen LogP contribution >= 0.6 is 12.4 Å². The molecule has 0 spiro atoms. The molecule has 1 fully saturated rings. The maximum atomic E-state index is 13.1. The van der Waals surface area contributed by atoms with E-state index in [1.165, 1.54) is 7.11 Å². The molecule has 9 nitrogen and oxygen atoms in total. The van der Waals surface area contributed by atoms with Gasteiger partial charge in [0.2, 0.25) is 0 Å². The molecule has 0 saturated carbocycles. The molecule has 10 heteroatoms. The molecule has 4 heterocycles. The van der Waals surface area contributed by atoms with E-state index in [1.54, 1.807) is 22.6 Å². The second-order valence-electron chi connectivity index (χ2n) is 7.50. The van der Waals surface area contributed by atoms with E-state index >= 15 is 0 Å². The highest BCUT2D eigenvalue weighted by Crippen LogP contribution is 2.24. The minimum atomic E-state index is -0.593. The molecule has 1 atom stereocenters. The highest BCUT2D eigenvalue weighted by atomic mass is 35.5. The molecule has 2 aromatic rings. The lowest BCUT2D eigenvalue weighted by atomic mass is 9.95. The monoisotopic (exact) mass is 436 g/mol. The Labute approximate surface area is 179 Å². The quantitative estimate of drug-likeness (QED) is 0.726. The SMILES string of the molecule is COC(=O)c1cc2n(n1)CCN(C(=O)c1c(C)cc(C3CCCNC3)oc1=O)C2.Cl. The van der Waals surface area contributed by atoms with Gasteiger partial charge in [-0.25, -0.2) is 9.59 Å². The second kappa shape index (κ2) is 9.01. The van der Waals surface area contributed by atoms with E-state index in [4.69, 9.17) is 9.15 Å². The van der Waals surface area contributed by atoms with Crippen LogP contribution in [0.3, 0.4) is 0 Å². The van der Waals surface area contributed by atoms with Crippen molar-refractivity contribution in [2.24, 2.45) is 0 Å². The summed E-state index contributed by atoms with van der Waals surface area (Å²) in [5, 5.41) is 7.51. The first-order chi connectivity index (χ1) is 14.0. The first-order valence-corrected chi connectivity index (χ1v) is 9.77. The number of halogens is 1. The third kappa shape index (κ3) is 4.13. The van der Waals surface area contributed by atoms with Gasteiger partial charge in [-0.15, -0.1) is 12.4 Å². The van der Waals surface area contributed by atoms with Crippen LogP contribution in [0, 0.1) is 6.92 Å². The van der Waals surface area contributed by atoms with Crippen LogP contribution in [0.2, 0.25) is 0 Å². The molecule has 1 amide bonds. The zero-order valence-corrected chi connectivity index (χ0v) is 17.8. The number of rotatable bonds is 3. The van der Waals surface area contributed by atoms with Crippen molar-refractivity contribution in [1.82, 2.24) is 20.0 Å². The zero-order chi connectivity index (χ0) is 20.5. The maximum absolute atomic E-state index is 13.1. The Bertz CT molecular complexity index is 1010. The number of hydrogen-bond donors (Lipinski definition) is 1. The normalized spacial score (nSPS) is 18.3.